The number of ether oxygens (including phenoxy) is 1. The van der Waals surface area contributed by atoms with Crippen LogP contribution in [0.1, 0.15) is 25.0 Å². The summed E-state index contributed by atoms with van der Waals surface area (Å²) in [5, 5.41) is 0.763. The Labute approximate surface area is 181 Å². The molecule has 154 valence electrons. The molecule has 2 aromatic carbocycles. The number of amidine groups is 1. The predicted octanol–water partition coefficient (Wildman–Crippen LogP) is 4.91. The number of anilines is 1. The van der Waals surface area contributed by atoms with Crippen molar-refractivity contribution in [3.63, 3.8) is 0 Å². The first-order valence-corrected chi connectivity index (χ1v) is 10.9. The fourth-order valence-corrected chi connectivity index (χ4v) is 4.78. The second-order valence-electron chi connectivity index (χ2n) is 6.95. The third kappa shape index (κ3) is 3.75. The van der Waals surface area contributed by atoms with E-state index in [0.29, 0.717) is 13.1 Å². The first-order chi connectivity index (χ1) is 14.7. The van der Waals surface area contributed by atoms with Gasteiger partial charge in [0.2, 0.25) is 0 Å². The summed E-state index contributed by atoms with van der Waals surface area (Å²) in [5.74, 6) is 0.841. The molecule has 2 aromatic rings. The van der Waals surface area contributed by atoms with E-state index >= 15 is 0 Å². The van der Waals surface area contributed by atoms with Gasteiger partial charge >= 0.3 is 0 Å². The minimum atomic E-state index is 0.0179. The predicted molar refractivity (Wildman–Crippen MR) is 125 cm³/mol. The van der Waals surface area contributed by atoms with E-state index in [9.17, 15) is 4.79 Å². The van der Waals surface area contributed by atoms with E-state index in [1.165, 1.54) is 11.8 Å². The maximum Gasteiger partial charge on any atom is 0.268 e. The molecular formula is C24H25N3O2S. The lowest BCUT2D eigenvalue weighted by Crippen LogP contribution is -2.31. The second kappa shape index (κ2) is 8.79. The number of methoxy groups -OCH3 is 1. The third-order valence-corrected chi connectivity index (χ3v) is 6.33. The van der Waals surface area contributed by atoms with Crippen molar-refractivity contribution in [1.29, 1.82) is 0 Å². The number of nitrogens with zero attached hydrogens (tertiary/aromatic N) is 3. The molecule has 0 saturated carbocycles. The Morgan fingerprint density at radius 3 is 2.47 bits per heavy atom. The van der Waals surface area contributed by atoms with Gasteiger partial charge in [0.25, 0.3) is 5.91 Å². The molecule has 1 amide bonds. The molecule has 1 saturated heterocycles. The van der Waals surface area contributed by atoms with E-state index in [1.54, 1.807) is 12.0 Å². The van der Waals surface area contributed by atoms with Crippen molar-refractivity contribution in [3.05, 3.63) is 76.3 Å². The lowest BCUT2D eigenvalue weighted by Gasteiger charge is -2.30. The zero-order valence-corrected chi connectivity index (χ0v) is 18.3. The van der Waals surface area contributed by atoms with Crippen molar-refractivity contribution in [2.75, 3.05) is 25.1 Å². The Kier molecular flexibility index (Phi) is 5.95. The lowest BCUT2D eigenvalue weighted by molar-refractivity contribution is -0.122. The van der Waals surface area contributed by atoms with Gasteiger partial charge in [0, 0.05) is 24.3 Å². The summed E-state index contributed by atoms with van der Waals surface area (Å²) in [6, 6.07) is 16.1. The zero-order chi connectivity index (χ0) is 21.1. The van der Waals surface area contributed by atoms with E-state index in [-0.39, 0.29) is 5.91 Å². The van der Waals surface area contributed by atoms with Crippen molar-refractivity contribution < 1.29 is 9.53 Å². The Balaban J connectivity index is 1.69. The van der Waals surface area contributed by atoms with E-state index in [1.807, 2.05) is 49.4 Å². The molecule has 30 heavy (non-hydrogen) atoms. The molecule has 6 heteroatoms. The largest absolute Gasteiger partial charge is 0.497 e. The van der Waals surface area contributed by atoms with Crippen LogP contribution >= 0.6 is 11.8 Å². The highest BCUT2D eigenvalue weighted by Gasteiger charge is 2.36. The van der Waals surface area contributed by atoms with Crippen molar-refractivity contribution in [1.82, 2.24) is 4.90 Å². The van der Waals surface area contributed by atoms with Crippen molar-refractivity contribution in [2.24, 2.45) is 4.99 Å². The highest BCUT2D eigenvalue weighted by atomic mass is 32.2. The SMILES string of the molecule is CCN1C(=O)C(=C2C=Cc3cc(OC)ccc3N2CC)SC1=NCc1ccccc1. The first kappa shape index (κ1) is 20.3. The number of fused-ring (bicyclic) bond motifs is 1. The Hall–Kier alpha value is -2.99. The fraction of sp³-hybridized carbons (Fsp3) is 0.250. The van der Waals surface area contributed by atoms with Gasteiger partial charge in [0.1, 0.15) is 10.7 Å². The van der Waals surface area contributed by atoms with Crippen LogP contribution in [0.4, 0.5) is 5.69 Å². The van der Waals surface area contributed by atoms with Crippen LogP contribution in [-0.4, -0.2) is 36.2 Å². The number of benzene rings is 2. The second-order valence-corrected chi connectivity index (χ2v) is 7.93. The topological polar surface area (TPSA) is 45.1 Å². The van der Waals surface area contributed by atoms with Gasteiger partial charge in [-0.15, -0.1) is 0 Å². The Morgan fingerprint density at radius 1 is 1.00 bits per heavy atom. The monoisotopic (exact) mass is 419 g/mol. The molecule has 5 nitrogen and oxygen atoms in total. The maximum absolute atomic E-state index is 13.2. The molecule has 0 aromatic heterocycles. The van der Waals surface area contributed by atoms with Gasteiger partial charge in [-0.1, -0.05) is 36.4 Å². The van der Waals surface area contributed by atoms with Crippen molar-refractivity contribution in [2.45, 2.75) is 20.4 Å². The summed E-state index contributed by atoms with van der Waals surface area (Å²) in [5.41, 5.74) is 4.22. The first-order valence-electron chi connectivity index (χ1n) is 10.1. The number of rotatable bonds is 5. The summed E-state index contributed by atoms with van der Waals surface area (Å²) in [6.07, 6.45) is 4.08. The number of carbonyl (C=O) groups is 1. The van der Waals surface area contributed by atoms with Gasteiger partial charge in [-0.3, -0.25) is 14.7 Å². The number of aliphatic imine (C=N–C) groups is 1. The van der Waals surface area contributed by atoms with E-state index < -0.39 is 0 Å². The summed E-state index contributed by atoms with van der Waals surface area (Å²) >= 11 is 1.47. The van der Waals surface area contributed by atoms with Crippen molar-refractivity contribution >= 4 is 34.6 Å². The lowest BCUT2D eigenvalue weighted by atomic mass is 10.0. The molecule has 1 fully saturated rings. The fourth-order valence-electron chi connectivity index (χ4n) is 3.67. The van der Waals surface area contributed by atoms with Crippen LogP contribution < -0.4 is 9.64 Å². The highest BCUT2D eigenvalue weighted by Crippen LogP contribution is 2.40. The summed E-state index contributed by atoms with van der Waals surface area (Å²) < 4.78 is 5.35. The molecule has 0 bridgehead atoms. The van der Waals surface area contributed by atoms with Crippen molar-refractivity contribution in [3.8, 4) is 5.75 Å². The van der Waals surface area contributed by atoms with Gasteiger partial charge in [0.15, 0.2) is 5.17 Å². The maximum atomic E-state index is 13.2. The number of hydrogen-bond donors (Lipinski definition) is 0. The number of amides is 1. The van der Waals surface area contributed by atoms with Crippen LogP contribution in [0.15, 0.2) is 70.2 Å². The number of hydrogen-bond acceptors (Lipinski definition) is 5. The van der Waals surface area contributed by atoms with Crippen LogP contribution in [-0.2, 0) is 11.3 Å². The number of likely N-dealkylation sites (N-methyl/N-ethyl adjacent to an activating group) is 2. The molecule has 0 N–H and O–H groups in total. The van der Waals surface area contributed by atoms with Crippen LogP contribution in [0.2, 0.25) is 0 Å². The van der Waals surface area contributed by atoms with Gasteiger partial charge in [-0.25, -0.2) is 0 Å². The molecule has 0 aliphatic carbocycles. The molecule has 2 heterocycles. The van der Waals surface area contributed by atoms with Crippen LogP contribution in [0.3, 0.4) is 0 Å². The number of thioether (sulfide) groups is 1. The minimum absolute atomic E-state index is 0.0179. The Morgan fingerprint density at radius 2 is 1.77 bits per heavy atom. The molecule has 0 unspecified atom stereocenters. The molecule has 0 spiro atoms. The summed E-state index contributed by atoms with van der Waals surface area (Å²) in [6.45, 7) is 6.00. The molecule has 0 atom stereocenters. The number of allylic oxidation sites excluding steroid dienone is 1. The average molecular weight is 420 g/mol. The normalized spacial score (nSPS) is 19.6. The quantitative estimate of drug-likeness (QED) is 0.646. The molecular weight excluding hydrogens is 394 g/mol. The number of carbonyl (C=O) groups excluding carboxylic acids is 1. The van der Waals surface area contributed by atoms with E-state index in [2.05, 4.69) is 30.0 Å². The zero-order valence-electron chi connectivity index (χ0n) is 17.5. The average Bonchev–Trinajstić information content (AvgIpc) is 3.12. The summed E-state index contributed by atoms with van der Waals surface area (Å²) in [7, 11) is 1.67. The minimum Gasteiger partial charge on any atom is -0.497 e. The molecule has 2 aliphatic rings. The van der Waals surface area contributed by atoms with Gasteiger partial charge in [-0.05, 0) is 55.4 Å². The molecule has 4 rings (SSSR count). The Bertz CT molecular complexity index is 1040. The van der Waals surface area contributed by atoms with Gasteiger partial charge < -0.3 is 9.64 Å². The van der Waals surface area contributed by atoms with Gasteiger partial charge in [-0.2, -0.15) is 0 Å². The molecule has 2 aliphatic heterocycles. The van der Waals surface area contributed by atoms with E-state index in [0.717, 1.165) is 44.9 Å². The van der Waals surface area contributed by atoms with Crippen LogP contribution in [0, 0.1) is 0 Å². The van der Waals surface area contributed by atoms with Crippen LogP contribution in [0.5, 0.6) is 5.75 Å². The summed E-state index contributed by atoms with van der Waals surface area (Å²) in [4.78, 5) is 22.6. The van der Waals surface area contributed by atoms with E-state index in [4.69, 9.17) is 9.73 Å². The molecule has 0 radical (unpaired) electrons. The standard InChI is InChI=1S/C24H25N3O2S/c1-4-26-20-14-12-19(29-3)15-18(20)11-13-21(26)22-23(28)27(5-2)24(30-22)25-16-17-9-7-6-8-10-17/h6-15H,4-5,16H2,1-3H3. The smallest absolute Gasteiger partial charge is 0.268 e. The highest BCUT2D eigenvalue weighted by molar-refractivity contribution is 8.18. The van der Waals surface area contributed by atoms with Crippen LogP contribution in [0.25, 0.3) is 6.08 Å². The third-order valence-electron chi connectivity index (χ3n) is 5.21. The van der Waals surface area contributed by atoms with Gasteiger partial charge in [0.05, 0.1) is 19.4 Å².